The smallest absolute Gasteiger partial charge is 0.141 e. The maximum absolute atomic E-state index is 12.8. The fraction of sp³-hybridized carbons (Fsp3) is 0.241. The third-order valence-electron chi connectivity index (χ3n) is 6.00. The molecule has 1 aliphatic heterocycles. The summed E-state index contributed by atoms with van der Waals surface area (Å²) in [6.45, 7) is 2.05. The predicted octanol–water partition coefficient (Wildman–Crippen LogP) is 6.39. The van der Waals surface area contributed by atoms with Gasteiger partial charge in [-0.2, -0.15) is 5.26 Å². The average Bonchev–Trinajstić information content (AvgIpc) is 2.84. The fourth-order valence-corrected chi connectivity index (χ4v) is 4.27. The quantitative estimate of drug-likeness (QED) is 0.444. The van der Waals surface area contributed by atoms with E-state index in [9.17, 15) is 10.1 Å². The van der Waals surface area contributed by atoms with E-state index < -0.39 is 0 Å². The van der Waals surface area contributed by atoms with Crippen LogP contribution in [0.3, 0.4) is 0 Å². The van der Waals surface area contributed by atoms with Gasteiger partial charge < -0.3 is 4.74 Å². The van der Waals surface area contributed by atoms with E-state index in [2.05, 4.69) is 37.3 Å². The largest absolute Gasteiger partial charge is 0.488 e. The monoisotopic (exact) mass is 421 g/mol. The number of carbonyl (C=O) groups excluding carboxylic acids is 1. The van der Waals surface area contributed by atoms with Crippen molar-refractivity contribution in [3.63, 3.8) is 0 Å². The number of ketones is 1. The van der Waals surface area contributed by atoms with E-state index in [1.807, 2.05) is 60.7 Å². The minimum Gasteiger partial charge on any atom is -0.488 e. The Labute approximate surface area is 190 Å². The first-order valence-electron chi connectivity index (χ1n) is 11.1. The van der Waals surface area contributed by atoms with Gasteiger partial charge in [-0.25, -0.2) is 0 Å². The Bertz CT molecular complexity index is 1130. The normalized spacial score (nSPS) is 18.0. The van der Waals surface area contributed by atoms with Crippen LogP contribution in [0, 0.1) is 18.3 Å². The highest BCUT2D eigenvalue weighted by Crippen LogP contribution is 2.41. The molecule has 3 heteroatoms. The summed E-state index contributed by atoms with van der Waals surface area (Å²) in [7, 11) is 0. The van der Waals surface area contributed by atoms with Crippen molar-refractivity contribution in [2.75, 3.05) is 0 Å². The molecule has 0 radical (unpaired) electrons. The van der Waals surface area contributed by atoms with Gasteiger partial charge in [0.2, 0.25) is 0 Å². The number of benzene rings is 3. The number of nitrogens with zero attached hydrogens (tertiary/aromatic N) is 1. The summed E-state index contributed by atoms with van der Waals surface area (Å²) < 4.78 is 6.31. The molecule has 2 atom stereocenters. The molecule has 3 aromatic rings. The maximum Gasteiger partial charge on any atom is 0.141 e. The van der Waals surface area contributed by atoms with E-state index in [0.717, 1.165) is 17.5 Å². The fourth-order valence-electron chi connectivity index (χ4n) is 4.27. The minimum absolute atomic E-state index is 0.0866. The van der Waals surface area contributed by atoms with Crippen molar-refractivity contribution < 1.29 is 9.53 Å². The summed E-state index contributed by atoms with van der Waals surface area (Å²) in [4.78, 5) is 12.8. The number of ether oxygens (including phenoxy) is 1. The number of rotatable bonds is 7. The first-order valence-corrected chi connectivity index (χ1v) is 11.1. The second-order valence-electron chi connectivity index (χ2n) is 8.39. The Morgan fingerprint density at radius 1 is 0.969 bits per heavy atom. The lowest BCUT2D eigenvalue weighted by molar-refractivity contribution is -0.121. The molecule has 0 spiro atoms. The van der Waals surface area contributed by atoms with Gasteiger partial charge in [0.25, 0.3) is 0 Å². The van der Waals surface area contributed by atoms with E-state index in [0.29, 0.717) is 30.6 Å². The molecule has 0 bridgehead atoms. The van der Waals surface area contributed by atoms with E-state index in [4.69, 9.17) is 4.74 Å². The second kappa shape index (κ2) is 10.1. The van der Waals surface area contributed by atoms with Crippen molar-refractivity contribution >= 4 is 11.5 Å². The Morgan fingerprint density at radius 3 is 2.28 bits per heavy atom. The van der Waals surface area contributed by atoms with Crippen molar-refractivity contribution in [1.29, 1.82) is 5.26 Å². The standard InChI is InChI=1S/C29H27NO2/c1-21-12-15-23(16-13-21)27-19-26(18-25(31)17-14-22-8-4-2-5-9-22)32-29(28(27)20-30)24-10-6-3-7-11-24/h2-13,15-16,26-27H,14,17-19H2,1H3/t26-,27-/m1/s1. The van der Waals surface area contributed by atoms with Crippen LogP contribution in [0.15, 0.2) is 90.5 Å². The third-order valence-corrected chi connectivity index (χ3v) is 6.00. The van der Waals surface area contributed by atoms with Gasteiger partial charge in [-0.1, -0.05) is 90.5 Å². The lowest BCUT2D eigenvalue weighted by atomic mass is 9.82. The number of Topliss-reactive ketones (excluding diaryl/α,β-unsaturated/α-hetero) is 1. The summed E-state index contributed by atoms with van der Waals surface area (Å²) in [6.07, 6.45) is 1.95. The van der Waals surface area contributed by atoms with Crippen LogP contribution in [0.5, 0.6) is 0 Å². The van der Waals surface area contributed by atoms with E-state index in [1.165, 1.54) is 11.1 Å². The average molecular weight is 422 g/mol. The van der Waals surface area contributed by atoms with E-state index in [-0.39, 0.29) is 17.8 Å². The maximum atomic E-state index is 12.8. The summed E-state index contributed by atoms with van der Waals surface area (Å²) in [5.74, 6) is 0.705. The molecule has 0 amide bonds. The topological polar surface area (TPSA) is 50.1 Å². The van der Waals surface area contributed by atoms with E-state index in [1.54, 1.807) is 0 Å². The van der Waals surface area contributed by atoms with Gasteiger partial charge in [-0.3, -0.25) is 4.79 Å². The zero-order valence-electron chi connectivity index (χ0n) is 18.3. The number of hydrogen-bond acceptors (Lipinski definition) is 3. The number of allylic oxidation sites excluding steroid dienone is 1. The predicted molar refractivity (Wildman–Crippen MR) is 127 cm³/mol. The van der Waals surface area contributed by atoms with Gasteiger partial charge in [-0.05, 0) is 30.9 Å². The van der Waals surface area contributed by atoms with Crippen LogP contribution in [0.1, 0.15) is 47.4 Å². The van der Waals surface area contributed by atoms with Crippen LogP contribution >= 0.6 is 0 Å². The van der Waals surface area contributed by atoms with Crippen molar-refractivity contribution in [2.24, 2.45) is 0 Å². The molecule has 32 heavy (non-hydrogen) atoms. The molecule has 0 saturated carbocycles. The Kier molecular flexibility index (Phi) is 6.82. The zero-order valence-corrected chi connectivity index (χ0v) is 18.3. The molecule has 4 rings (SSSR count). The lowest BCUT2D eigenvalue weighted by Gasteiger charge is -2.32. The van der Waals surface area contributed by atoms with Gasteiger partial charge in [0.15, 0.2) is 0 Å². The molecule has 0 fully saturated rings. The molecule has 1 aliphatic rings. The van der Waals surface area contributed by atoms with Crippen molar-refractivity contribution in [1.82, 2.24) is 0 Å². The molecule has 0 saturated heterocycles. The second-order valence-corrected chi connectivity index (χ2v) is 8.39. The highest BCUT2D eigenvalue weighted by atomic mass is 16.5. The molecule has 1 heterocycles. The SMILES string of the molecule is Cc1ccc([C@H]2C[C@@H](CC(=O)CCc3ccccc3)OC(c3ccccc3)=C2C#N)cc1. The Hall–Kier alpha value is -3.64. The zero-order chi connectivity index (χ0) is 22.3. The molecular formula is C29H27NO2. The molecule has 0 N–H and O–H groups in total. The van der Waals surface area contributed by atoms with Gasteiger partial charge in [0.05, 0.1) is 11.6 Å². The van der Waals surface area contributed by atoms with Crippen molar-refractivity contribution in [3.8, 4) is 6.07 Å². The lowest BCUT2D eigenvalue weighted by Crippen LogP contribution is -2.26. The van der Waals surface area contributed by atoms with Gasteiger partial charge in [0.1, 0.15) is 17.6 Å². The number of carbonyl (C=O) groups is 1. The summed E-state index contributed by atoms with van der Waals surface area (Å²) in [5, 5.41) is 10.0. The Balaban J connectivity index is 1.58. The van der Waals surface area contributed by atoms with Crippen LogP contribution < -0.4 is 0 Å². The van der Waals surface area contributed by atoms with Crippen molar-refractivity contribution in [2.45, 2.75) is 44.6 Å². The van der Waals surface area contributed by atoms with E-state index >= 15 is 0 Å². The highest BCUT2D eigenvalue weighted by molar-refractivity contribution is 5.79. The van der Waals surface area contributed by atoms with Crippen LogP contribution in [0.2, 0.25) is 0 Å². The minimum atomic E-state index is -0.253. The van der Waals surface area contributed by atoms with Crippen LogP contribution in [-0.2, 0) is 16.0 Å². The van der Waals surface area contributed by atoms with Crippen molar-refractivity contribution in [3.05, 3.63) is 113 Å². The number of hydrogen-bond donors (Lipinski definition) is 0. The summed E-state index contributed by atoms with van der Waals surface area (Å²) in [6, 6.07) is 30.5. The molecule has 3 nitrogen and oxygen atoms in total. The first kappa shape index (κ1) is 21.6. The van der Waals surface area contributed by atoms with Crippen LogP contribution in [0.25, 0.3) is 5.76 Å². The number of aryl methyl sites for hydroxylation is 2. The van der Waals surface area contributed by atoms with Gasteiger partial charge in [0, 0.05) is 24.3 Å². The summed E-state index contributed by atoms with van der Waals surface area (Å²) in [5.41, 5.74) is 4.94. The van der Waals surface area contributed by atoms with Gasteiger partial charge in [-0.15, -0.1) is 0 Å². The molecule has 0 unspecified atom stereocenters. The first-order chi connectivity index (χ1) is 15.6. The molecule has 3 aromatic carbocycles. The summed E-state index contributed by atoms with van der Waals surface area (Å²) >= 11 is 0. The third kappa shape index (κ3) is 5.15. The molecule has 0 aromatic heterocycles. The molecule has 160 valence electrons. The van der Waals surface area contributed by atoms with Crippen LogP contribution in [0.4, 0.5) is 0 Å². The molecular weight excluding hydrogens is 394 g/mol. The number of nitriles is 1. The van der Waals surface area contributed by atoms with Gasteiger partial charge >= 0.3 is 0 Å². The highest BCUT2D eigenvalue weighted by Gasteiger charge is 2.33. The molecule has 0 aliphatic carbocycles. The van der Waals surface area contributed by atoms with Crippen LogP contribution in [-0.4, -0.2) is 11.9 Å². The Morgan fingerprint density at radius 2 is 1.62 bits per heavy atom.